The number of rotatable bonds is 10. The molecule has 4 N–H and O–H groups in total. The van der Waals surface area contributed by atoms with Gasteiger partial charge in [-0.1, -0.05) is 36.4 Å². The van der Waals surface area contributed by atoms with E-state index in [0.717, 1.165) is 10.8 Å². The number of carbonyl (C=O) groups excluding carboxylic acids is 1. The molecule has 0 saturated carbocycles. The van der Waals surface area contributed by atoms with E-state index in [1.807, 2.05) is 36.4 Å². The maximum absolute atomic E-state index is 12.5. The van der Waals surface area contributed by atoms with Gasteiger partial charge in [0.05, 0.1) is 18.8 Å². The quantitative estimate of drug-likeness (QED) is 0.248. The molecule has 2 heterocycles. The average Bonchev–Trinajstić information content (AvgIpc) is 3.23. The molecular formula is C25H31N4O7PS. The van der Waals surface area contributed by atoms with Crippen LogP contribution in [0.25, 0.3) is 10.8 Å². The maximum Gasteiger partial charge on any atom is 0.351 e. The van der Waals surface area contributed by atoms with E-state index >= 15 is 0 Å². The van der Waals surface area contributed by atoms with Crippen LogP contribution in [0.3, 0.4) is 0 Å². The first-order valence-corrected chi connectivity index (χ1v) is 14.8. The van der Waals surface area contributed by atoms with E-state index in [2.05, 4.69) is 10.1 Å². The summed E-state index contributed by atoms with van der Waals surface area (Å²) in [5.41, 5.74) is 4.92. The monoisotopic (exact) mass is 562 g/mol. The number of fused-ring (bicyclic) bond motifs is 1. The lowest BCUT2D eigenvalue weighted by molar-refractivity contribution is -0.149. The second-order valence-corrected chi connectivity index (χ2v) is 12.3. The first kappa shape index (κ1) is 28.2. The summed E-state index contributed by atoms with van der Waals surface area (Å²) in [4.78, 5) is 28.4. The van der Waals surface area contributed by atoms with Crippen LogP contribution in [0.2, 0.25) is 0 Å². The fourth-order valence-electron chi connectivity index (χ4n) is 4.01. The minimum Gasteiger partial charge on any atom is -0.462 e. The third-order valence-corrected chi connectivity index (χ3v) is 8.23. The van der Waals surface area contributed by atoms with Gasteiger partial charge in [0.2, 0.25) is 0 Å². The number of benzene rings is 2. The van der Waals surface area contributed by atoms with Crippen LogP contribution in [-0.4, -0.2) is 51.6 Å². The zero-order valence-corrected chi connectivity index (χ0v) is 22.9. The number of nitrogens with two attached hydrogens (primary N) is 1. The number of aliphatic hydroxyl groups is 1. The van der Waals surface area contributed by atoms with Crippen molar-refractivity contribution < 1.29 is 28.4 Å². The van der Waals surface area contributed by atoms with Crippen molar-refractivity contribution in [2.75, 3.05) is 12.3 Å². The summed E-state index contributed by atoms with van der Waals surface area (Å²) in [5.74, 6) is 0.0661. The number of anilines is 1. The van der Waals surface area contributed by atoms with Gasteiger partial charge in [0.1, 0.15) is 23.7 Å². The second kappa shape index (κ2) is 11.9. The van der Waals surface area contributed by atoms with Crippen molar-refractivity contribution in [3.63, 3.8) is 0 Å². The predicted molar refractivity (Wildman–Crippen MR) is 146 cm³/mol. The molecule has 0 spiro atoms. The van der Waals surface area contributed by atoms with Crippen LogP contribution in [0.4, 0.5) is 5.82 Å². The molecule has 2 aromatic carbocycles. The standard InChI is InChI=1S/C25H31N4O7PS/c1-15(2)34-24(31)16(3)28-37(38,36-21-10-6-8-17-7-4-5-9-19(17)21)33-14-18-13-20(30)23(35-18)29-12-11-22(26)27-25(29)32/h4-12,15-16,18,20,23,30H,13-14H2,1-3H3,(H,28,38)(H2,26,27,32). The van der Waals surface area contributed by atoms with Crippen molar-refractivity contribution in [2.45, 2.75) is 57.8 Å². The van der Waals surface area contributed by atoms with Crippen molar-refractivity contribution in [2.24, 2.45) is 0 Å². The summed E-state index contributed by atoms with van der Waals surface area (Å²) in [5, 5.41) is 15.4. The molecule has 38 heavy (non-hydrogen) atoms. The van der Waals surface area contributed by atoms with Gasteiger partial charge >= 0.3 is 18.3 Å². The van der Waals surface area contributed by atoms with E-state index < -0.39 is 42.8 Å². The van der Waals surface area contributed by atoms with Gasteiger partial charge in [-0.15, -0.1) is 0 Å². The molecule has 1 aliphatic heterocycles. The summed E-state index contributed by atoms with van der Waals surface area (Å²) >= 11 is 5.83. The van der Waals surface area contributed by atoms with Crippen molar-refractivity contribution in [1.29, 1.82) is 0 Å². The number of hydrogen-bond donors (Lipinski definition) is 3. The Morgan fingerprint density at radius 1 is 1.26 bits per heavy atom. The third kappa shape index (κ3) is 6.76. The number of aliphatic hydroxyl groups excluding tert-OH is 1. The maximum atomic E-state index is 12.5. The number of esters is 1. The number of nitrogens with zero attached hydrogens (tertiary/aromatic N) is 2. The molecule has 204 valence electrons. The SMILES string of the molecule is CC(C)OC(=O)C(C)NP(=S)(OCC1CC(O)C(n2ccc(N)nc2=O)O1)Oc1cccc2ccccc12. The van der Waals surface area contributed by atoms with Crippen LogP contribution in [0.1, 0.15) is 33.4 Å². The van der Waals surface area contributed by atoms with E-state index in [4.69, 9.17) is 36.1 Å². The van der Waals surface area contributed by atoms with Gasteiger partial charge in [0.25, 0.3) is 0 Å². The molecule has 3 aromatic rings. The van der Waals surface area contributed by atoms with Crippen LogP contribution in [-0.2, 0) is 30.6 Å². The van der Waals surface area contributed by atoms with Gasteiger partial charge in [-0.3, -0.25) is 9.36 Å². The molecule has 0 bridgehead atoms. The van der Waals surface area contributed by atoms with E-state index in [-0.39, 0.29) is 24.9 Å². The van der Waals surface area contributed by atoms with E-state index in [1.54, 1.807) is 26.8 Å². The molecule has 13 heteroatoms. The summed E-state index contributed by atoms with van der Waals surface area (Å²) in [6.07, 6.45) is -1.28. The molecule has 5 unspecified atom stereocenters. The van der Waals surface area contributed by atoms with Crippen LogP contribution in [0, 0.1) is 0 Å². The first-order valence-electron chi connectivity index (χ1n) is 12.1. The zero-order valence-electron chi connectivity index (χ0n) is 21.2. The average molecular weight is 563 g/mol. The summed E-state index contributed by atoms with van der Waals surface area (Å²) in [6.45, 7) is 1.71. The van der Waals surface area contributed by atoms with E-state index in [0.29, 0.717) is 5.75 Å². The van der Waals surface area contributed by atoms with Gasteiger partial charge in [-0.25, -0.2) is 9.88 Å². The van der Waals surface area contributed by atoms with Crippen LogP contribution >= 0.6 is 6.64 Å². The number of aromatic nitrogens is 2. The summed E-state index contributed by atoms with van der Waals surface area (Å²) in [7, 11) is 0. The van der Waals surface area contributed by atoms with Crippen LogP contribution in [0.15, 0.2) is 59.5 Å². The Labute approximate surface area is 225 Å². The molecule has 5 atom stereocenters. The molecule has 4 rings (SSSR count). The van der Waals surface area contributed by atoms with Crippen molar-refractivity contribution in [3.05, 3.63) is 65.2 Å². The predicted octanol–water partition coefficient (Wildman–Crippen LogP) is 2.88. The highest BCUT2D eigenvalue weighted by Crippen LogP contribution is 2.48. The molecule has 0 amide bonds. The molecule has 1 aromatic heterocycles. The normalized spacial score (nSPS) is 21.8. The minimum atomic E-state index is -3.36. The lowest BCUT2D eigenvalue weighted by Gasteiger charge is -2.28. The van der Waals surface area contributed by atoms with Gasteiger partial charge in [-0.2, -0.15) is 4.98 Å². The number of hydrogen-bond acceptors (Lipinski definition) is 10. The topological polar surface area (TPSA) is 147 Å². The molecule has 1 saturated heterocycles. The summed E-state index contributed by atoms with van der Waals surface area (Å²) in [6, 6.07) is 13.8. The third-order valence-electron chi connectivity index (χ3n) is 5.75. The largest absolute Gasteiger partial charge is 0.462 e. The summed E-state index contributed by atoms with van der Waals surface area (Å²) < 4.78 is 24.7. The lowest BCUT2D eigenvalue weighted by atomic mass is 10.1. The highest BCUT2D eigenvalue weighted by Gasteiger charge is 2.38. The van der Waals surface area contributed by atoms with Crippen LogP contribution in [0.5, 0.6) is 5.75 Å². The molecule has 11 nitrogen and oxygen atoms in total. The molecule has 1 aliphatic rings. The second-order valence-electron chi connectivity index (χ2n) is 9.19. The Balaban J connectivity index is 1.53. The minimum absolute atomic E-state index is 0.0638. The van der Waals surface area contributed by atoms with Gasteiger partial charge in [-0.05, 0) is 50.1 Å². The van der Waals surface area contributed by atoms with Crippen LogP contribution < -0.4 is 21.0 Å². The number of ether oxygens (including phenoxy) is 2. The van der Waals surface area contributed by atoms with Gasteiger partial charge in [0.15, 0.2) is 6.23 Å². The Kier molecular flexibility index (Phi) is 8.81. The number of nitrogen functional groups attached to an aromatic ring is 1. The van der Waals surface area contributed by atoms with Crippen molar-refractivity contribution >= 4 is 41.0 Å². The van der Waals surface area contributed by atoms with Crippen molar-refractivity contribution in [1.82, 2.24) is 14.6 Å². The molecule has 0 aliphatic carbocycles. The molecular weight excluding hydrogens is 531 g/mol. The lowest BCUT2D eigenvalue weighted by Crippen LogP contribution is -2.36. The Bertz CT molecular complexity index is 1400. The highest BCUT2D eigenvalue weighted by atomic mass is 32.5. The van der Waals surface area contributed by atoms with Gasteiger partial charge in [0, 0.05) is 18.0 Å². The highest BCUT2D eigenvalue weighted by molar-refractivity contribution is 8.09. The fraction of sp³-hybridized carbons (Fsp3) is 0.400. The van der Waals surface area contributed by atoms with Gasteiger partial charge < -0.3 is 29.4 Å². The van der Waals surface area contributed by atoms with E-state index in [1.165, 1.54) is 16.8 Å². The zero-order chi connectivity index (χ0) is 27.4. The first-order chi connectivity index (χ1) is 18.0. The van der Waals surface area contributed by atoms with Crippen molar-refractivity contribution in [3.8, 4) is 5.75 Å². The molecule has 1 fully saturated rings. The number of nitrogens with one attached hydrogen (secondary N) is 1. The Morgan fingerprint density at radius 2 is 2.00 bits per heavy atom. The number of carbonyl (C=O) groups is 1. The Morgan fingerprint density at radius 3 is 2.74 bits per heavy atom. The molecule has 0 radical (unpaired) electrons. The van der Waals surface area contributed by atoms with E-state index in [9.17, 15) is 14.7 Å². The smallest absolute Gasteiger partial charge is 0.351 e. The fourth-order valence-corrected chi connectivity index (χ4v) is 6.45. The Hall–Kier alpha value is -2.86.